The smallest absolute Gasteiger partial charge is 0.217 e. The maximum atomic E-state index is 9.97. The Morgan fingerprint density at radius 2 is 2.14 bits per heavy atom. The lowest BCUT2D eigenvalue weighted by molar-refractivity contribution is 0.117. The van der Waals surface area contributed by atoms with Crippen LogP contribution in [0, 0.1) is 11.3 Å². The van der Waals surface area contributed by atoms with Crippen molar-refractivity contribution in [2.45, 2.75) is 82.3 Å². The van der Waals surface area contributed by atoms with Gasteiger partial charge in [-0.2, -0.15) is 10.2 Å². The molecule has 3 aromatic rings. The molecule has 3 aliphatic rings. The number of ether oxygens (including phenoxy) is 1. The number of fused-ring (bicyclic) bond motifs is 4. The first-order valence-corrected chi connectivity index (χ1v) is 13.8. The lowest BCUT2D eigenvalue weighted by Crippen LogP contribution is -2.38. The molecule has 0 aromatic carbocycles. The van der Waals surface area contributed by atoms with E-state index in [-0.39, 0.29) is 11.5 Å². The van der Waals surface area contributed by atoms with Crippen LogP contribution in [0.15, 0.2) is 16.8 Å². The van der Waals surface area contributed by atoms with Gasteiger partial charge in [0, 0.05) is 28.7 Å². The zero-order chi connectivity index (χ0) is 24.9. The predicted molar refractivity (Wildman–Crippen MR) is 138 cm³/mol. The standard InChI is InChI=1S/C27H32N6O2S/c1-16(19-8-6-14-33(19)2)34-21-10-13-30-26(31-21)23-17-7-3-4-11-27(24(17)35-32-23)12-5-9-20-22(27)18(15-28)25(29)36-20/h10,13,16,19H,3-9,11-12,14,29H2,1-2H3/t16-,19-,27-/m0/s1. The van der Waals surface area contributed by atoms with Crippen LogP contribution in [0.2, 0.25) is 0 Å². The molecule has 1 spiro atoms. The molecule has 0 bridgehead atoms. The monoisotopic (exact) mass is 504 g/mol. The summed E-state index contributed by atoms with van der Waals surface area (Å²) in [5, 5.41) is 15.1. The number of likely N-dealkylation sites (N-methyl/N-ethyl adjacent to an activating group) is 1. The van der Waals surface area contributed by atoms with Crippen LogP contribution >= 0.6 is 11.3 Å². The molecule has 9 heteroatoms. The number of nitrogens with zero attached hydrogens (tertiary/aromatic N) is 5. The van der Waals surface area contributed by atoms with E-state index in [2.05, 4.69) is 35.1 Å². The number of aromatic nitrogens is 3. The van der Waals surface area contributed by atoms with Crippen molar-refractivity contribution in [2.75, 3.05) is 19.3 Å². The van der Waals surface area contributed by atoms with Crippen LogP contribution in [0.5, 0.6) is 5.88 Å². The minimum atomic E-state index is -0.362. The molecule has 6 rings (SSSR count). The number of hydrogen-bond acceptors (Lipinski definition) is 9. The third-order valence-corrected chi connectivity index (χ3v) is 9.46. The minimum absolute atomic E-state index is 0.0343. The third kappa shape index (κ3) is 3.70. The Bertz CT molecular complexity index is 1330. The van der Waals surface area contributed by atoms with E-state index in [0.29, 0.717) is 34.0 Å². The first-order chi connectivity index (χ1) is 17.5. The van der Waals surface area contributed by atoms with Crippen molar-refractivity contribution in [2.24, 2.45) is 0 Å². The van der Waals surface area contributed by atoms with Crippen molar-refractivity contribution in [3.8, 4) is 23.5 Å². The molecule has 1 aliphatic heterocycles. The maximum absolute atomic E-state index is 9.97. The van der Waals surface area contributed by atoms with Crippen molar-refractivity contribution in [1.29, 1.82) is 5.26 Å². The van der Waals surface area contributed by atoms with Gasteiger partial charge in [0.15, 0.2) is 17.3 Å². The van der Waals surface area contributed by atoms with Crippen LogP contribution in [0.1, 0.15) is 79.2 Å². The van der Waals surface area contributed by atoms with Gasteiger partial charge in [-0.05, 0) is 77.4 Å². The van der Waals surface area contributed by atoms with Gasteiger partial charge >= 0.3 is 0 Å². The molecule has 0 unspecified atom stereocenters. The SMILES string of the molecule is C[C@H](Oc1ccnc(-c2noc3c2CCCC[C@@]32CCCc3sc(N)c(C#N)c32)n1)[C@@H]1CCCN1C. The molecule has 4 heterocycles. The van der Waals surface area contributed by atoms with E-state index in [1.165, 1.54) is 11.3 Å². The molecule has 1 fully saturated rings. The summed E-state index contributed by atoms with van der Waals surface area (Å²) in [5.74, 6) is 1.97. The number of anilines is 1. The molecule has 0 radical (unpaired) electrons. The van der Waals surface area contributed by atoms with Crippen LogP contribution < -0.4 is 10.5 Å². The summed E-state index contributed by atoms with van der Waals surface area (Å²) >= 11 is 1.56. The number of nitriles is 1. The summed E-state index contributed by atoms with van der Waals surface area (Å²) in [6.45, 7) is 3.21. The Hall–Kier alpha value is -2.96. The summed E-state index contributed by atoms with van der Waals surface area (Å²) < 4.78 is 12.4. The van der Waals surface area contributed by atoms with Crippen molar-refractivity contribution in [1.82, 2.24) is 20.0 Å². The molecule has 188 valence electrons. The summed E-state index contributed by atoms with van der Waals surface area (Å²) in [7, 11) is 2.15. The molecule has 1 saturated heterocycles. The molecule has 3 atom stereocenters. The summed E-state index contributed by atoms with van der Waals surface area (Å²) in [6.07, 6.45) is 10.9. The zero-order valence-electron chi connectivity index (χ0n) is 20.9. The normalized spacial score (nSPS) is 24.6. The van der Waals surface area contributed by atoms with Gasteiger partial charge < -0.3 is 15.0 Å². The van der Waals surface area contributed by atoms with Gasteiger partial charge in [-0.1, -0.05) is 11.6 Å². The van der Waals surface area contributed by atoms with Crippen molar-refractivity contribution >= 4 is 16.3 Å². The highest BCUT2D eigenvalue weighted by Gasteiger charge is 2.47. The quantitative estimate of drug-likeness (QED) is 0.536. The van der Waals surface area contributed by atoms with Gasteiger partial charge in [0.1, 0.15) is 17.2 Å². The first-order valence-electron chi connectivity index (χ1n) is 13.0. The molecule has 8 nitrogen and oxygen atoms in total. The fraction of sp³-hybridized carbons (Fsp3) is 0.556. The fourth-order valence-corrected chi connectivity index (χ4v) is 7.86. The zero-order valence-corrected chi connectivity index (χ0v) is 21.7. The Morgan fingerprint density at radius 1 is 1.28 bits per heavy atom. The fourth-order valence-electron chi connectivity index (χ4n) is 6.70. The maximum Gasteiger partial charge on any atom is 0.217 e. The number of likely N-dealkylation sites (tertiary alicyclic amines) is 1. The lowest BCUT2D eigenvalue weighted by atomic mass is 9.66. The molecular weight excluding hydrogens is 472 g/mol. The second-order valence-electron chi connectivity index (χ2n) is 10.5. The van der Waals surface area contributed by atoms with Crippen LogP contribution in [0.4, 0.5) is 5.00 Å². The van der Waals surface area contributed by atoms with Gasteiger partial charge in [0.05, 0.1) is 11.0 Å². The van der Waals surface area contributed by atoms with Crippen LogP contribution in [-0.2, 0) is 18.3 Å². The van der Waals surface area contributed by atoms with E-state index in [1.54, 1.807) is 17.5 Å². The minimum Gasteiger partial charge on any atom is -0.473 e. The number of nitrogen functional groups attached to an aromatic ring is 1. The Balaban J connectivity index is 1.38. The van der Waals surface area contributed by atoms with Crippen molar-refractivity contribution < 1.29 is 9.26 Å². The molecule has 2 aliphatic carbocycles. The van der Waals surface area contributed by atoms with Crippen molar-refractivity contribution in [3.63, 3.8) is 0 Å². The summed E-state index contributed by atoms with van der Waals surface area (Å²) in [5.41, 5.74) is 9.40. The highest BCUT2D eigenvalue weighted by molar-refractivity contribution is 7.16. The highest BCUT2D eigenvalue weighted by atomic mass is 32.1. The highest BCUT2D eigenvalue weighted by Crippen LogP contribution is 2.54. The Morgan fingerprint density at radius 3 is 2.94 bits per heavy atom. The second kappa shape index (κ2) is 9.16. The van der Waals surface area contributed by atoms with E-state index in [9.17, 15) is 5.26 Å². The lowest BCUT2D eigenvalue weighted by Gasteiger charge is -2.35. The average molecular weight is 505 g/mol. The molecule has 0 amide bonds. The topological polar surface area (TPSA) is 114 Å². The molecular formula is C27H32N6O2S. The van der Waals surface area contributed by atoms with Crippen molar-refractivity contribution in [3.05, 3.63) is 39.6 Å². The first kappa shape index (κ1) is 23.4. The molecule has 36 heavy (non-hydrogen) atoms. The predicted octanol–water partition coefficient (Wildman–Crippen LogP) is 4.86. The number of thiophene rings is 1. The Labute approximate surface area is 215 Å². The second-order valence-corrected chi connectivity index (χ2v) is 11.6. The van der Waals surface area contributed by atoms with Crippen LogP contribution in [0.25, 0.3) is 11.5 Å². The molecule has 0 saturated carbocycles. The van der Waals surface area contributed by atoms with E-state index in [1.807, 2.05) is 6.07 Å². The van der Waals surface area contributed by atoms with Gasteiger partial charge in [-0.3, -0.25) is 4.90 Å². The van der Waals surface area contributed by atoms with E-state index < -0.39 is 0 Å². The number of rotatable bonds is 4. The summed E-state index contributed by atoms with van der Waals surface area (Å²) in [4.78, 5) is 12.9. The van der Waals surface area contributed by atoms with E-state index in [4.69, 9.17) is 20.0 Å². The largest absolute Gasteiger partial charge is 0.473 e. The van der Waals surface area contributed by atoms with Crippen LogP contribution in [0.3, 0.4) is 0 Å². The van der Waals surface area contributed by atoms with Gasteiger partial charge in [0.25, 0.3) is 0 Å². The van der Waals surface area contributed by atoms with E-state index >= 15 is 0 Å². The molecule has 3 aromatic heterocycles. The van der Waals surface area contributed by atoms with Gasteiger partial charge in [-0.25, -0.2) is 4.98 Å². The average Bonchev–Trinajstić information content (AvgIpc) is 3.55. The Kier molecular flexibility index (Phi) is 5.97. The summed E-state index contributed by atoms with van der Waals surface area (Å²) in [6, 6.07) is 4.60. The number of nitrogens with two attached hydrogens (primary N) is 1. The van der Waals surface area contributed by atoms with E-state index in [0.717, 1.165) is 74.8 Å². The van der Waals surface area contributed by atoms with Crippen LogP contribution in [-0.4, -0.2) is 45.8 Å². The third-order valence-electron chi connectivity index (χ3n) is 8.38. The number of hydrogen-bond donors (Lipinski definition) is 1. The molecule has 2 N–H and O–H groups in total. The van der Waals surface area contributed by atoms with Gasteiger partial charge in [-0.15, -0.1) is 11.3 Å². The van der Waals surface area contributed by atoms with Gasteiger partial charge in [0.2, 0.25) is 5.88 Å². The number of aryl methyl sites for hydroxylation is 1.